The van der Waals surface area contributed by atoms with E-state index in [2.05, 4.69) is 11.8 Å². The number of carbonyl (C=O) groups excluding carboxylic acids is 1. The Morgan fingerprint density at radius 1 is 1.17 bits per heavy atom. The minimum atomic E-state index is -0.394. The summed E-state index contributed by atoms with van der Waals surface area (Å²) in [6.07, 6.45) is 2.34. The molecule has 2 unspecified atom stereocenters. The van der Waals surface area contributed by atoms with E-state index < -0.39 is 5.60 Å². The van der Waals surface area contributed by atoms with Gasteiger partial charge in [0.15, 0.2) is 0 Å². The first-order valence-electron chi connectivity index (χ1n) is 7.07. The van der Waals surface area contributed by atoms with Crippen molar-refractivity contribution in [2.45, 2.75) is 52.2 Å². The highest BCUT2D eigenvalue weighted by Crippen LogP contribution is 2.25. The highest BCUT2D eigenvalue weighted by atomic mass is 16.6. The molecule has 0 aromatic carbocycles. The Kier molecular flexibility index (Phi) is 3.85. The molecule has 2 aliphatic rings. The summed E-state index contributed by atoms with van der Waals surface area (Å²) in [6, 6.07) is 0.544. The second-order valence-electron chi connectivity index (χ2n) is 6.76. The van der Waals surface area contributed by atoms with Crippen LogP contribution in [0.1, 0.15) is 40.5 Å². The lowest BCUT2D eigenvalue weighted by molar-refractivity contribution is -0.00754. The van der Waals surface area contributed by atoms with Crippen LogP contribution in [0.15, 0.2) is 0 Å². The van der Waals surface area contributed by atoms with Crippen molar-refractivity contribution in [3.8, 4) is 0 Å². The Morgan fingerprint density at radius 3 is 2.56 bits per heavy atom. The zero-order valence-electron chi connectivity index (χ0n) is 12.1. The minimum absolute atomic E-state index is 0.152. The third kappa shape index (κ3) is 3.37. The zero-order valence-corrected chi connectivity index (χ0v) is 12.1. The Balaban J connectivity index is 1.89. The average molecular weight is 254 g/mol. The van der Waals surface area contributed by atoms with Gasteiger partial charge in [-0.25, -0.2) is 4.79 Å². The number of nitrogens with zero attached hydrogens (tertiary/aromatic N) is 2. The number of carbonyl (C=O) groups is 1. The monoisotopic (exact) mass is 254 g/mol. The van der Waals surface area contributed by atoms with Gasteiger partial charge in [0.25, 0.3) is 0 Å². The Bertz CT molecular complexity index is 311. The Morgan fingerprint density at radius 2 is 1.89 bits per heavy atom. The van der Waals surface area contributed by atoms with Crippen LogP contribution in [0.4, 0.5) is 4.79 Å². The van der Waals surface area contributed by atoms with Gasteiger partial charge in [-0.2, -0.15) is 0 Å². The summed E-state index contributed by atoms with van der Waals surface area (Å²) in [7, 11) is 0. The predicted molar refractivity (Wildman–Crippen MR) is 71.6 cm³/mol. The summed E-state index contributed by atoms with van der Waals surface area (Å²) in [6.45, 7) is 11.9. The molecule has 0 N–H and O–H groups in total. The fourth-order valence-corrected chi connectivity index (χ4v) is 2.87. The molecule has 1 amide bonds. The van der Waals surface area contributed by atoms with Crippen molar-refractivity contribution in [1.82, 2.24) is 9.80 Å². The average Bonchev–Trinajstić information content (AvgIpc) is 2.26. The van der Waals surface area contributed by atoms with Gasteiger partial charge >= 0.3 is 6.09 Å². The molecule has 0 spiro atoms. The van der Waals surface area contributed by atoms with Gasteiger partial charge < -0.3 is 9.64 Å². The number of fused-ring (bicyclic) bond motifs is 1. The van der Waals surface area contributed by atoms with E-state index in [0.717, 1.165) is 25.6 Å². The maximum Gasteiger partial charge on any atom is 0.410 e. The smallest absolute Gasteiger partial charge is 0.410 e. The quantitative estimate of drug-likeness (QED) is 0.665. The third-order valence-electron chi connectivity index (χ3n) is 3.80. The van der Waals surface area contributed by atoms with Gasteiger partial charge in [-0.05, 0) is 39.5 Å². The molecule has 2 aliphatic heterocycles. The highest BCUT2D eigenvalue weighted by Gasteiger charge is 2.34. The molecule has 4 heteroatoms. The van der Waals surface area contributed by atoms with Gasteiger partial charge in [0.1, 0.15) is 5.60 Å². The molecule has 2 rings (SSSR count). The summed E-state index contributed by atoms with van der Waals surface area (Å²) >= 11 is 0. The van der Waals surface area contributed by atoms with Crippen molar-refractivity contribution in [2.24, 2.45) is 5.92 Å². The molecular weight excluding hydrogens is 228 g/mol. The maximum atomic E-state index is 12.0. The molecule has 0 saturated carbocycles. The number of ether oxygens (including phenoxy) is 1. The van der Waals surface area contributed by atoms with Gasteiger partial charge in [0, 0.05) is 32.2 Å². The number of hydrogen-bond donors (Lipinski definition) is 0. The van der Waals surface area contributed by atoms with Gasteiger partial charge in [-0.15, -0.1) is 0 Å². The van der Waals surface area contributed by atoms with Crippen molar-refractivity contribution in [3.05, 3.63) is 0 Å². The fraction of sp³-hybridized carbons (Fsp3) is 0.929. The van der Waals surface area contributed by atoms with Crippen molar-refractivity contribution < 1.29 is 9.53 Å². The van der Waals surface area contributed by atoms with Gasteiger partial charge in [-0.1, -0.05) is 6.92 Å². The topological polar surface area (TPSA) is 32.8 Å². The molecule has 0 radical (unpaired) electrons. The summed E-state index contributed by atoms with van der Waals surface area (Å²) in [4.78, 5) is 16.5. The molecule has 2 atom stereocenters. The normalized spacial score (nSPS) is 29.9. The van der Waals surface area contributed by atoms with Gasteiger partial charge in [0.2, 0.25) is 0 Å². The molecule has 18 heavy (non-hydrogen) atoms. The third-order valence-corrected chi connectivity index (χ3v) is 3.80. The molecule has 2 heterocycles. The van der Waals surface area contributed by atoms with Crippen molar-refractivity contribution in [2.75, 3.05) is 26.2 Å². The minimum Gasteiger partial charge on any atom is -0.444 e. The van der Waals surface area contributed by atoms with Crippen LogP contribution in [0, 0.1) is 5.92 Å². The second-order valence-corrected chi connectivity index (χ2v) is 6.76. The number of amides is 1. The number of piperidine rings is 1. The molecular formula is C14H26N2O2. The van der Waals surface area contributed by atoms with E-state index in [-0.39, 0.29) is 6.09 Å². The lowest BCUT2D eigenvalue weighted by Crippen LogP contribution is -2.57. The summed E-state index contributed by atoms with van der Waals surface area (Å²) in [5.41, 5.74) is -0.394. The fourth-order valence-electron chi connectivity index (χ4n) is 2.87. The molecule has 4 nitrogen and oxygen atoms in total. The number of rotatable bonds is 0. The van der Waals surface area contributed by atoms with Crippen LogP contribution >= 0.6 is 0 Å². The largest absolute Gasteiger partial charge is 0.444 e. The SMILES string of the molecule is CC1CCC2CN(C(=O)OC(C)(C)C)CCN2C1. The first-order valence-corrected chi connectivity index (χ1v) is 7.07. The van der Waals surface area contributed by atoms with Crippen LogP contribution in [0.3, 0.4) is 0 Å². The van der Waals surface area contributed by atoms with E-state index >= 15 is 0 Å². The highest BCUT2D eigenvalue weighted by molar-refractivity contribution is 5.68. The van der Waals surface area contributed by atoms with Crippen LogP contribution < -0.4 is 0 Å². The molecule has 0 aromatic rings. The second kappa shape index (κ2) is 5.08. The van der Waals surface area contributed by atoms with Crippen molar-refractivity contribution in [3.63, 3.8) is 0 Å². The lowest BCUT2D eigenvalue weighted by Gasteiger charge is -2.45. The molecule has 0 aliphatic carbocycles. The van der Waals surface area contributed by atoms with E-state index in [1.807, 2.05) is 25.7 Å². The van der Waals surface area contributed by atoms with E-state index in [1.54, 1.807) is 0 Å². The van der Waals surface area contributed by atoms with Crippen LogP contribution in [-0.4, -0.2) is 53.7 Å². The van der Waals surface area contributed by atoms with E-state index in [0.29, 0.717) is 6.04 Å². The van der Waals surface area contributed by atoms with Gasteiger partial charge in [-0.3, -0.25) is 4.90 Å². The van der Waals surface area contributed by atoms with Crippen LogP contribution in [0.25, 0.3) is 0 Å². The first-order chi connectivity index (χ1) is 8.35. The Labute approximate surface area is 110 Å². The first kappa shape index (κ1) is 13.7. The maximum absolute atomic E-state index is 12.0. The molecule has 0 aromatic heterocycles. The van der Waals surface area contributed by atoms with E-state index in [1.165, 1.54) is 19.4 Å². The van der Waals surface area contributed by atoms with Crippen LogP contribution in [0.2, 0.25) is 0 Å². The zero-order chi connectivity index (χ0) is 13.3. The van der Waals surface area contributed by atoms with Crippen LogP contribution in [0.5, 0.6) is 0 Å². The summed E-state index contributed by atoms with van der Waals surface area (Å²) < 4.78 is 5.45. The van der Waals surface area contributed by atoms with Crippen molar-refractivity contribution >= 4 is 6.09 Å². The number of hydrogen-bond acceptors (Lipinski definition) is 3. The van der Waals surface area contributed by atoms with Crippen molar-refractivity contribution in [1.29, 1.82) is 0 Å². The summed E-state index contributed by atoms with van der Waals surface area (Å²) in [5, 5.41) is 0. The molecule has 0 bridgehead atoms. The molecule has 104 valence electrons. The van der Waals surface area contributed by atoms with E-state index in [4.69, 9.17) is 4.74 Å². The Hall–Kier alpha value is -0.770. The summed E-state index contributed by atoms with van der Waals surface area (Å²) in [5.74, 6) is 0.800. The number of piperazine rings is 1. The van der Waals surface area contributed by atoms with Crippen LogP contribution in [-0.2, 0) is 4.74 Å². The lowest BCUT2D eigenvalue weighted by atomic mass is 9.92. The molecule has 2 fully saturated rings. The standard InChI is InChI=1S/C14H26N2O2/c1-11-5-6-12-10-16(8-7-15(12)9-11)13(17)18-14(2,3)4/h11-12H,5-10H2,1-4H3. The van der Waals surface area contributed by atoms with Gasteiger partial charge in [0.05, 0.1) is 0 Å². The predicted octanol–water partition coefficient (Wildman–Crippen LogP) is 2.34. The molecule has 2 saturated heterocycles. The van der Waals surface area contributed by atoms with E-state index in [9.17, 15) is 4.79 Å².